The topological polar surface area (TPSA) is 328 Å². The molecule has 7 atom stereocenters. The average Bonchev–Trinajstić information content (AvgIpc) is 3.10. The molecule has 1 aromatic rings. The van der Waals surface area contributed by atoms with Crippen molar-refractivity contribution in [2.24, 2.45) is 17.4 Å². The van der Waals surface area contributed by atoms with Gasteiger partial charge in [0.1, 0.15) is 47.6 Å². The molecule has 316 valence electrons. The summed E-state index contributed by atoms with van der Waals surface area (Å²) in [6.07, 6.45) is -2.37. The summed E-state index contributed by atoms with van der Waals surface area (Å²) in [6, 6.07) is -3.21. The van der Waals surface area contributed by atoms with Crippen molar-refractivity contribution in [3.63, 3.8) is 0 Å². The van der Waals surface area contributed by atoms with E-state index in [0.717, 1.165) is 21.6 Å². The van der Waals surface area contributed by atoms with Crippen LogP contribution in [-0.2, 0) is 49.5 Å². The van der Waals surface area contributed by atoms with Crippen LogP contribution in [0, 0.1) is 5.92 Å². The van der Waals surface area contributed by atoms with Crippen LogP contribution in [0.2, 0.25) is 0 Å². The molecule has 0 bridgehead atoms. The van der Waals surface area contributed by atoms with Crippen molar-refractivity contribution >= 4 is 75.0 Å². The van der Waals surface area contributed by atoms with E-state index >= 15 is 0 Å². The van der Waals surface area contributed by atoms with Gasteiger partial charge in [-0.25, -0.2) is 9.59 Å². The third kappa shape index (κ3) is 17.2. The van der Waals surface area contributed by atoms with E-state index in [-0.39, 0.29) is 30.1 Å². The number of carbonyl (C=O) groups is 9. The minimum atomic E-state index is -1.72. The molecule has 2 rings (SSSR count). The molecule has 12 N–H and O–H groups in total. The second kappa shape index (κ2) is 22.5. The molecule has 1 aliphatic rings. The van der Waals surface area contributed by atoms with Gasteiger partial charge < -0.3 is 58.3 Å². The van der Waals surface area contributed by atoms with Crippen molar-refractivity contribution in [1.82, 2.24) is 31.9 Å². The maximum atomic E-state index is 14.1. The standard InChI is InChI=1S/C35H52N8O12S2/c1-6-17(2)27-32(51)38-20(11-12-25(36)45)28(47)40-22(14-26(37)46)29(48)41-24(33(52)53)16-57-56-15-23(42-34(54)55-35(3,4)5)31(50)39-21(30(49)43-27)13-18-7-9-19(44)10-8-18/h7-10,17,20-24,27,44H,6,11-16H2,1-5H3,(H2,36,45)(H2,37,46)(H,38,51)(H,39,50)(H,40,47)(H,41,48)(H,42,54)(H,43,49)(H,52,53)/t17-,20-,21-,22-,23-,24-,27?/m0/s1. The van der Waals surface area contributed by atoms with Crippen LogP contribution >= 0.6 is 21.6 Å². The first kappa shape index (κ1) is 47.9. The quantitative estimate of drug-likeness (QED) is 0.119. The molecule has 1 aliphatic heterocycles. The lowest BCUT2D eigenvalue weighted by Crippen LogP contribution is -2.61. The number of phenolic OH excluding ortho intramolecular Hbond substituents is 1. The summed E-state index contributed by atoms with van der Waals surface area (Å²) in [5, 5.41) is 34.5. The number of ether oxygens (including phenoxy) is 1. The van der Waals surface area contributed by atoms with Gasteiger partial charge in [-0.2, -0.15) is 0 Å². The van der Waals surface area contributed by atoms with Crippen molar-refractivity contribution < 1.29 is 58.1 Å². The smallest absolute Gasteiger partial charge is 0.408 e. The number of primary amides is 2. The third-order valence-corrected chi connectivity index (χ3v) is 10.7. The van der Waals surface area contributed by atoms with Crippen molar-refractivity contribution in [1.29, 1.82) is 0 Å². The molecule has 0 spiro atoms. The Kier molecular flexibility index (Phi) is 18.9. The maximum absolute atomic E-state index is 14.1. The van der Waals surface area contributed by atoms with Crippen LogP contribution in [0.4, 0.5) is 4.79 Å². The zero-order valence-electron chi connectivity index (χ0n) is 32.2. The van der Waals surface area contributed by atoms with E-state index in [1.54, 1.807) is 34.6 Å². The third-order valence-electron chi connectivity index (χ3n) is 8.33. The molecule has 0 saturated carbocycles. The molecule has 8 amide bonds. The van der Waals surface area contributed by atoms with Crippen molar-refractivity contribution in [2.45, 2.75) is 109 Å². The van der Waals surface area contributed by atoms with Crippen molar-refractivity contribution in [2.75, 3.05) is 11.5 Å². The number of alkyl carbamates (subject to hydrolysis) is 1. The largest absolute Gasteiger partial charge is 0.508 e. The predicted molar refractivity (Wildman–Crippen MR) is 209 cm³/mol. The number of carboxylic acid groups (broad SMARTS) is 1. The van der Waals surface area contributed by atoms with Crippen LogP contribution in [0.15, 0.2) is 24.3 Å². The zero-order valence-corrected chi connectivity index (χ0v) is 33.9. The van der Waals surface area contributed by atoms with Crippen LogP contribution in [0.5, 0.6) is 5.75 Å². The number of aliphatic carboxylic acids is 1. The fraction of sp³-hybridized carbons (Fsp3) is 0.571. The van der Waals surface area contributed by atoms with Crippen LogP contribution in [0.3, 0.4) is 0 Å². The summed E-state index contributed by atoms with van der Waals surface area (Å²) in [6.45, 7) is 8.18. The monoisotopic (exact) mass is 840 g/mol. The average molecular weight is 841 g/mol. The Hall–Kier alpha value is -5.25. The summed E-state index contributed by atoms with van der Waals surface area (Å²) >= 11 is 0. The maximum Gasteiger partial charge on any atom is 0.408 e. The van der Waals surface area contributed by atoms with E-state index in [1.165, 1.54) is 24.3 Å². The van der Waals surface area contributed by atoms with E-state index in [4.69, 9.17) is 16.2 Å². The molecule has 1 unspecified atom stereocenters. The van der Waals surface area contributed by atoms with E-state index in [9.17, 15) is 53.4 Å². The lowest BCUT2D eigenvalue weighted by atomic mass is 9.96. The summed E-state index contributed by atoms with van der Waals surface area (Å²) in [4.78, 5) is 117. The van der Waals surface area contributed by atoms with Gasteiger partial charge in [-0.15, -0.1) is 0 Å². The van der Waals surface area contributed by atoms with Crippen LogP contribution < -0.4 is 43.4 Å². The lowest BCUT2D eigenvalue weighted by Gasteiger charge is -2.30. The molecule has 0 aliphatic carbocycles. The molecule has 57 heavy (non-hydrogen) atoms. The first-order chi connectivity index (χ1) is 26.6. The Bertz CT molecular complexity index is 1640. The fourth-order valence-electron chi connectivity index (χ4n) is 5.12. The summed E-state index contributed by atoms with van der Waals surface area (Å²) in [5.74, 6) is -9.29. The molecule has 20 nitrogen and oxygen atoms in total. The zero-order chi connectivity index (χ0) is 43.0. The highest BCUT2D eigenvalue weighted by atomic mass is 33.1. The number of hydrogen-bond donors (Lipinski definition) is 10. The van der Waals surface area contributed by atoms with Crippen LogP contribution in [0.1, 0.15) is 65.9 Å². The molecule has 1 saturated heterocycles. The first-order valence-electron chi connectivity index (χ1n) is 17.9. The lowest BCUT2D eigenvalue weighted by molar-refractivity contribution is -0.141. The molecular formula is C35H52N8O12S2. The Morgan fingerprint density at radius 1 is 0.825 bits per heavy atom. The highest BCUT2D eigenvalue weighted by Crippen LogP contribution is 2.24. The number of phenols is 1. The van der Waals surface area contributed by atoms with Gasteiger partial charge >= 0.3 is 12.1 Å². The second-order valence-corrected chi connectivity index (χ2v) is 16.8. The summed E-state index contributed by atoms with van der Waals surface area (Å²) in [7, 11) is 1.84. The number of nitrogens with two attached hydrogens (primary N) is 2. The molecule has 1 aromatic carbocycles. The minimum absolute atomic E-state index is 0.0614. The molecule has 1 fully saturated rings. The number of amides is 8. The van der Waals surface area contributed by atoms with Gasteiger partial charge in [0.2, 0.25) is 41.4 Å². The number of aromatic hydroxyl groups is 1. The van der Waals surface area contributed by atoms with Crippen molar-refractivity contribution in [3.8, 4) is 5.75 Å². The molecule has 0 aromatic heterocycles. The highest BCUT2D eigenvalue weighted by molar-refractivity contribution is 8.76. The first-order valence-corrected chi connectivity index (χ1v) is 20.4. The Balaban J connectivity index is 2.68. The van der Waals surface area contributed by atoms with E-state index in [1.807, 2.05) is 0 Å². The van der Waals surface area contributed by atoms with Gasteiger partial charge in [-0.3, -0.25) is 33.6 Å². The normalized spacial score (nSPS) is 23.9. The summed E-state index contributed by atoms with van der Waals surface area (Å²) < 4.78 is 5.33. The SMILES string of the molecule is CC[C@H](C)C1NC(=O)[C@H](Cc2ccc(O)cc2)NC(=O)[C@@H](NC(=O)OC(C)(C)C)CSSC[C@@H](C(=O)O)NC(=O)[C@H](CC(N)=O)NC(=O)[C@H](CCC(N)=O)NC1=O. The van der Waals surface area contributed by atoms with Gasteiger partial charge in [0, 0.05) is 24.3 Å². The Morgan fingerprint density at radius 2 is 1.39 bits per heavy atom. The number of rotatable bonds is 11. The number of carboxylic acids is 1. The van der Waals surface area contributed by atoms with Gasteiger partial charge in [0.15, 0.2) is 0 Å². The highest BCUT2D eigenvalue weighted by Gasteiger charge is 2.36. The minimum Gasteiger partial charge on any atom is -0.508 e. The molecule has 1 heterocycles. The number of hydrogen-bond acceptors (Lipinski definition) is 13. The van der Waals surface area contributed by atoms with Crippen molar-refractivity contribution in [3.05, 3.63) is 29.8 Å². The Morgan fingerprint density at radius 3 is 1.95 bits per heavy atom. The van der Waals surface area contributed by atoms with Gasteiger partial charge in [-0.05, 0) is 50.8 Å². The van der Waals surface area contributed by atoms with Gasteiger partial charge in [0.25, 0.3) is 0 Å². The summed E-state index contributed by atoms with van der Waals surface area (Å²) in [5.41, 5.74) is 10.2. The van der Waals surface area contributed by atoms with E-state index in [2.05, 4.69) is 31.9 Å². The van der Waals surface area contributed by atoms with Gasteiger partial charge in [-0.1, -0.05) is 54.0 Å². The molecular weight excluding hydrogens is 789 g/mol. The van der Waals surface area contributed by atoms with E-state index < -0.39 is 114 Å². The number of nitrogens with one attached hydrogen (secondary N) is 6. The van der Waals surface area contributed by atoms with Crippen LogP contribution in [-0.4, -0.2) is 117 Å². The molecule has 22 heteroatoms. The van der Waals surface area contributed by atoms with Crippen LogP contribution in [0.25, 0.3) is 0 Å². The number of carbonyl (C=O) groups excluding carboxylic acids is 8. The predicted octanol–water partition coefficient (Wildman–Crippen LogP) is -1.08. The number of benzene rings is 1. The van der Waals surface area contributed by atoms with E-state index in [0.29, 0.717) is 12.0 Å². The van der Waals surface area contributed by atoms with Gasteiger partial charge in [0.05, 0.1) is 6.42 Å². The Labute approximate surface area is 337 Å². The second-order valence-electron chi connectivity index (χ2n) is 14.3. The fourth-order valence-corrected chi connectivity index (χ4v) is 7.44. The molecule has 0 radical (unpaired) electrons.